The van der Waals surface area contributed by atoms with Crippen molar-refractivity contribution in [1.29, 1.82) is 0 Å². The fourth-order valence-electron chi connectivity index (χ4n) is 2.25. The first-order valence-electron chi connectivity index (χ1n) is 7.37. The van der Waals surface area contributed by atoms with Gasteiger partial charge in [-0.05, 0) is 25.5 Å². The highest BCUT2D eigenvalue weighted by molar-refractivity contribution is 7.18. The second kappa shape index (κ2) is 7.61. The van der Waals surface area contributed by atoms with Crippen molar-refractivity contribution in [3.63, 3.8) is 0 Å². The van der Waals surface area contributed by atoms with Crippen LogP contribution in [-0.4, -0.2) is 17.6 Å². The molecule has 1 atom stereocenters. The summed E-state index contributed by atoms with van der Waals surface area (Å²) < 4.78 is 1.30. The van der Waals surface area contributed by atoms with Crippen molar-refractivity contribution >= 4 is 21.6 Å². The summed E-state index contributed by atoms with van der Waals surface area (Å²) in [5.74, 6) is 0. The van der Waals surface area contributed by atoms with Crippen molar-refractivity contribution in [2.75, 3.05) is 6.54 Å². The van der Waals surface area contributed by atoms with E-state index in [9.17, 15) is 0 Å². The predicted octanol–water partition coefficient (Wildman–Crippen LogP) is 4.40. The topological polar surface area (TPSA) is 24.9 Å². The first-order valence-corrected chi connectivity index (χ1v) is 8.19. The molecule has 3 heteroatoms. The Balaban J connectivity index is 1.73. The maximum atomic E-state index is 4.66. The molecule has 2 nitrogen and oxygen atoms in total. The summed E-state index contributed by atoms with van der Waals surface area (Å²) in [6.07, 6.45) is 6.32. The van der Waals surface area contributed by atoms with E-state index in [1.807, 2.05) is 11.3 Å². The van der Waals surface area contributed by atoms with Crippen molar-refractivity contribution in [2.45, 2.75) is 52.0 Å². The third-order valence-corrected chi connectivity index (χ3v) is 4.51. The van der Waals surface area contributed by atoms with E-state index in [-0.39, 0.29) is 0 Å². The van der Waals surface area contributed by atoms with Gasteiger partial charge in [0.05, 0.1) is 15.2 Å². The van der Waals surface area contributed by atoms with Crippen LogP contribution >= 0.6 is 11.3 Å². The molecule has 1 aromatic carbocycles. The van der Waals surface area contributed by atoms with E-state index in [4.69, 9.17) is 0 Å². The average Bonchev–Trinajstić information content (AvgIpc) is 2.81. The molecule has 1 unspecified atom stereocenters. The monoisotopic (exact) mass is 276 g/mol. The number of para-hydroxylation sites is 1. The summed E-state index contributed by atoms with van der Waals surface area (Å²) in [6, 6.07) is 9.01. The lowest BCUT2D eigenvalue weighted by molar-refractivity contribution is 0.490. The Morgan fingerprint density at radius 3 is 2.89 bits per heavy atom. The first-order chi connectivity index (χ1) is 9.29. The van der Waals surface area contributed by atoms with Crippen LogP contribution in [0.4, 0.5) is 0 Å². The van der Waals surface area contributed by atoms with Gasteiger partial charge in [-0.2, -0.15) is 0 Å². The number of nitrogens with one attached hydrogen (secondary N) is 1. The minimum absolute atomic E-state index is 0.626. The van der Waals surface area contributed by atoms with Gasteiger partial charge in [-0.15, -0.1) is 11.3 Å². The fraction of sp³-hybridized carbons (Fsp3) is 0.562. The number of hydrogen-bond acceptors (Lipinski definition) is 3. The number of aromatic nitrogens is 1. The second-order valence-electron chi connectivity index (χ2n) is 5.18. The van der Waals surface area contributed by atoms with E-state index in [0.29, 0.717) is 6.04 Å². The van der Waals surface area contributed by atoms with Gasteiger partial charge in [0.15, 0.2) is 0 Å². The summed E-state index contributed by atoms with van der Waals surface area (Å²) in [5, 5.41) is 4.85. The third-order valence-electron chi connectivity index (χ3n) is 3.41. The zero-order valence-corrected chi connectivity index (χ0v) is 12.8. The number of hydrogen-bond donors (Lipinski definition) is 1. The van der Waals surface area contributed by atoms with Gasteiger partial charge in [0.25, 0.3) is 0 Å². The molecule has 0 radical (unpaired) electrons. The van der Waals surface area contributed by atoms with Crippen LogP contribution in [0.15, 0.2) is 24.3 Å². The number of benzene rings is 1. The molecule has 0 aliphatic carbocycles. The zero-order chi connectivity index (χ0) is 13.5. The molecule has 0 saturated carbocycles. The van der Waals surface area contributed by atoms with Gasteiger partial charge in [0.1, 0.15) is 0 Å². The molecule has 0 fully saturated rings. The van der Waals surface area contributed by atoms with Crippen LogP contribution in [0.1, 0.15) is 44.5 Å². The van der Waals surface area contributed by atoms with Crippen LogP contribution in [0.25, 0.3) is 10.2 Å². The van der Waals surface area contributed by atoms with Crippen LogP contribution in [0.5, 0.6) is 0 Å². The average molecular weight is 276 g/mol. The van der Waals surface area contributed by atoms with Gasteiger partial charge in [-0.1, -0.05) is 38.3 Å². The van der Waals surface area contributed by atoms with Crippen molar-refractivity contribution in [3.05, 3.63) is 29.3 Å². The molecule has 2 rings (SSSR count). The van der Waals surface area contributed by atoms with Crippen molar-refractivity contribution in [1.82, 2.24) is 10.3 Å². The Kier molecular flexibility index (Phi) is 5.80. The Bertz CT molecular complexity index is 459. The summed E-state index contributed by atoms with van der Waals surface area (Å²) in [6.45, 7) is 5.58. The van der Waals surface area contributed by atoms with Gasteiger partial charge in [0, 0.05) is 19.0 Å². The molecule has 0 saturated heterocycles. The molecule has 0 bridgehead atoms. The molecule has 0 spiro atoms. The minimum Gasteiger partial charge on any atom is -0.314 e. The number of rotatable bonds is 8. The molecule has 19 heavy (non-hydrogen) atoms. The summed E-state index contributed by atoms with van der Waals surface area (Å²) >= 11 is 1.82. The van der Waals surface area contributed by atoms with Gasteiger partial charge in [-0.3, -0.25) is 0 Å². The van der Waals surface area contributed by atoms with E-state index in [2.05, 4.69) is 48.4 Å². The van der Waals surface area contributed by atoms with Gasteiger partial charge in [-0.25, -0.2) is 4.98 Å². The second-order valence-corrected chi connectivity index (χ2v) is 6.29. The fourth-order valence-corrected chi connectivity index (χ4v) is 3.22. The molecular weight excluding hydrogens is 252 g/mol. The largest absolute Gasteiger partial charge is 0.314 e. The van der Waals surface area contributed by atoms with E-state index < -0.39 is 0 Å². The number of fused-ring (bicyclic) bond motifs is 1. The van der Waals surface area contributed by atoms with Crippen LogP contribution < -0.4 is 5.32 Å². The number of unbranched alkanes of at least 4 members (excludes halogenated alkanes) is 2. The lowest BCUT2D eigenvalue weighted by atomic mass is 10.1. The van der Waals surface area contributed by atoms with Gasteiger partial charge >= 0.3 is 0 Å². The smallest absolute Gasteiger partial charge is 0.0951 e. The Hall–Kier alpha value is -0.930. The maximum absolute atomic E-state index is 4.66. The van der Waals surface area contributed by atoms with E-state index in [1.165, 1.54) is 35.4 Å². The predicted molar refractivity (Wildman–Crippen MR) is 84.9 cm³/mol. The Morgan fingerprint density at radius 1 is 1.26 bits per heavy atom. The van der Waals surface area contributed by atoms with Crippen LogP contribution in [0.2, 0.25) is 0 Å². The van der Waals surface area contributed by atoms with Crippen molar-refractivity contribution in [3.8, 4) is 0 Å². The molecule has 104 valence electrons. The van der Waals surface area contributed by atoms with Gasteiger partial charge in [0.2, 0.25) is 0 Å². The normalized spacial score (nSPS) is 12.9. The summed E-state index contributed by atoms with van der Waals surface area (Å²) in [7, 11) is 0. The maximum Gasteiger partial charge on any atom is 0.0951 e. The van der Waals surface area contributed by atoms with E-state index in [0.717, 1.165) is 18.5 Å². The first kappa shape index (κ1) is 14.5. The van der Waals surface area contributed by atoms with E-state index in [1.54, 1.807) is 0 Å². The molecular formula is C16H24N2S. The zero-order valence-electron chi connectivity index (χ0n) is 12.0. The molecule has 1 heterocycles. The van der Waals surface area contributed by atoms with Crippen molar-refractivity contribution < 1.29 is 0 Å². The van der Waals surface area contributed by atoms with E-state index >= 15 is 0 Å². The SMILES string of the molecule is CCCCCC(C)NCCc1nc2ccccc2s1. The molecule has 2 aromatic rings. The lowest BCUT2D eigenvalue weighted by Gasteiger charge is -2.12. The quantitative estimate of drug-likeness (QED) is 0.723. The van der Waals surface area contributed by atoms with Crippen molar-refractivity contribution in [2.24, 2.45) is 0 Å². The molecule has 1 aromatic heterocycles. The summed E-state index contributed by atoms with van der Waals surface area (Å²) in [4.78, 5) is 4.66. The Labute approximate surface area is 120 Å². The number of thiazole rings is 1. The molecule has 0 aliphatic heterocycles. The number of nitrogens with zero attached hydrogens (tertiary/aromatic N) is 1. The van der Waals surface area contributed by atoms with Crippen LogP contribution in [0, 0.1) is 0 Å². The molecule has 1 N–H and O–H groups in total. The lowest BCUT2D eigenvalue weighted by Crippen LogP contribution is -2.27. The highest BCUT2D eigenvalue weighted by Crippen LogP contribution is 2.21. The highest BCUT2D eigenvalue weighted by atomic mass is 32.1. The highest BCUT2D eigenvalue weighted by Gasteiger charge is 2.04. The van der Waals surface area contributed by atoms with Crippen LogP contribution in [0.3, 0.4) is 0 Å². The van der Waals surface area contributed by atoms with Gasteiger partial charge < -0.3 is 5.32 Å². The Morgan fingerprint density at radius 2 is 2.11 bits per heavy atom. The third kappa shape index (κ3) is 4.59. The van der Waals surface area contributed by atoms with Crippen LogP contribution in [-0.2, 0) is 6.42 Å². The standard InChI is InChI=1S/C16H24N2S/c1-3-4-5-8-13(2)17-12-11-16-18-14-9-6-7-10-15(14)19-16/h6-7,9-10,13,17H,3-5,8,11-12H2,1-2H3. The summed E-state index contributed by atoms with van der Waals surface area (Å²) in [5.41, 5.74) is 1.14. The molecule has 0 aliphatic rings. The minimum atomic E-state index is 0.626. The molecule has 0 amide bonds.